The Bertz CT molecular complexity index is 1000. The topological polar surface area (TPSA) is 117 Å². The third-order valence-electron chi connectivity index (χ3n) is 5.65. The maximum Gasteiger partial charge on any atom is 0.281 e. The normalized spacial score (nSPS) is 20.1. The van der Waals surface area contributed by atoms with Crippen molar-refractivity contribution in [3.8, 4) is 0 Å². The predicted molar refractivity (Wildman–Crippen MR) is 112 cm³/mol. The van der Waals surface area contributed by atoms with Gasteiger partial charge < -0.3 is 15.5 Å². The second kappa shape index (κ2) is 8.13. The zero-order valence-corrected chi connectivity index (χ0v) is 18.0. The highest BCUT2D eigenvalue weighted by Crippen LogP contribution is 2.36. The van der Waals surface area contributed by atoms with Gasteiger partial charge >= 0.3 is 0 Å². The molecule has 0 bridgehead atoms. The second-order valence-electron chi connectivity index (χ2n) is 9.15. The molecule has 1 aromatic carbocycles. The molecule has 0 radical (unpaired) electrons. The van der Waals surface area contributed by atoms with Gasteiger partial charge in [0.1, 0.15) is 6.04 Å². The van der Waals surface area contributed by atoms with Crippen molar-refractivity contribution >= 4 is 23.5 Å². The summed E-state index contributed by atoms with van der Waals surface area (Å²) in [5.41, 5.74) is 0.165. The summed E-state index contributed by atoms with van der Waals surface area (Å²) in [4.78, 5) is 42.0. The molecule has 31 heavy (non-hydrogen) atoms. The Morgan fingerprint density at radius 3 is 2.55 bits per heavy atom. The van der Waals surface area contributed by atoms with Crippen LogP contribution in [0.2, 0.25) is 0 Å². The molecule has 9 heteroatoms. The number of rotatable bonds is 2. The molecule has 4 rings (SSSR count). The molecule has 0 spiro atoms. The number of hydrogen-bond donors (Lipinski definition) is 2. The van der Waals surface area contributed by atoms with Crippen LogP contribution in [0.4, 0.5) is 5.82 Å². The fourth-order valence-corrected chi connectivity index (χ4v) is 4.36. The first kappa shape index (κ1) is 21.0. The van der Waals surface area contributed by atoms with E-state index in [4.69, 9.17) is 4.63 Å². The number of amides is 3. The fraction of sp³-hybridized carbons (Fsp3) is 0.500. The standard InChI is InChI=1S/C22H27N5O4/c1-22(2,3)24-20(29)17-14-11-7-8-12-15(14)19(28)23-18-16(25-31-26-18)21(30)27(17)13-9-5-4-6-10-13/h7-8,11-13,17H,4-6,9-10H2,1-3H3,(H,24,29)(H,23,26,28). The van der Waals surface area contributed by atoms with Gasteiger partial charge in [0.25, 0.3) is 11.8 Å². The highest BCUT2D eigenvalue weighted by molar-refractivity contribution is 6.10. The Labute approximate surface area is 180 Å². The lowest BCUT2D eigenvalue weighted by Gasteiger charge is -2.40. The predicted octanol–water partition coefficient (Wildman–Crippen LogP) is 3.07. The van der Waals surface area contributed by atoms with Crippen LogP contribution in [-0.2, 0) is 4.79 Å². The molecule has 1 aliphatic heterocycles. The Hall–Kier alpha value is -3.23. The first-order chi connectivity index (χ1) is 14.8. The van der Waals surface area contributed by atoms with Crippen LogP contribution >= 0.6 is 0 Å². The Morgan fingerprint density at radius 1 is 1.13 bits per heavy atom. The molecule has 1 aliphatic carbocycles. The first-order valence-corrected chi connectivity index (χ1v) is 10.6. The number of benzene rings is 1. The molecular weight excluding hydrogens is 398 g/mol. The van der Waals surface area contributed by atoms with Crippen LogP contribution in [0.5, 0.6) is 0 Å². The van der Waals surface area contributed by atoms with E-state index < -0.39 is 23.4 Å². The molecule has 2 N–H and O–H groups in total. The van der Waals surface area contributed by atoms with Crippen LogP contribution in [0.15, 0.2) is 28.9 Å². The minimum atomic E-state index is -0.987. The van der Waals surface area contributed by atoms with Gasteiger partial charge in [0.05, 0.1) is 0 Å². The minimum Gasteiger partial charge on any atom is -0.349 e. The van der Waals surface area contributed by atoms with Crippen molar-refractivity contribution in [1.29, 1.82) is 0 Å². The van der Waals surface area contributed by atoms with E-state index in [-0.39, 0.29) is 23.5 Å². The number of nitrogens with zero attached hydrogens (tertiary/aromatic N) is 3. The van der Waals surface area contributed by atoms with E-state index in [1.165, 1.54) is 0 Å². The molecular formula is C22H27N5O4. The maximum absolute atomic E-state index is 13.7. The number of aromatic nitrogens is 2. The average Bonchev–Trinajstić information content (AvgIpc) is 3.19. The van der Waals surface area contributed by atoms with Gasteiger partial charge in [0.2, 0.25) is 17.4 Å². The number of nitrogens with one attached hydrogen (secondary N) is 2. The molecule has 3 amide bonds. The van der Waals surface area contributed by atoms with Crippen molar-refractivity contribution in [3.05, 3.63) is 41.1 Å². The van der Waals surface area contributed by atoms with E-state index >= 15 is 0 Å². The molecule has 1 aromatic heterocycles. The molecule has 1 saturated carbocycles. The lowest BCUT2D eigenvalue weighted by molar-refractivity contribution is -0.128. The molecule has 1 unspecified atom stereocenters. The van der Waals surface area contributed by atoms with Gasteiger partial charge in [-0.25, -0.2) is 4.63 Å². The SMILES string of the molecule is CC(C)(C)NC(=O)C1c2ccccc2C(=O)Nc2nonc2C(=O)N1C1CCCCC1. The third kappa shape index (κ3) is 4.17. The van der Waals surface area contributed by atoms with Gasteiger partial charge in [-0.2, -0.15) is 0 Å². The summed E-state index contributed by atoms with van der Waals surface area (Å²) in [5.74, 6) is -1.33. The third-order valence-corrected chi connectivity index (χ3v) is 5.65. The van der Waals surface area contributed by atoms with Crippen molar-refractivity contribution < 1.29 is 19.0 Å². The summed E-state index contributed by atoms with van der Waals surface area (Å²) in [6.07, 6.45) is 4.56. The number of fused-ring (bicyclic) bond motifs is 2. The Balaban J connectivity index is 1.92. The van der Waals surface area contributed by atoms with E-state index in [0.29, 0.717) is 11.1 Å². The summed E-state index contributed by atoms with van der Waals surface area (Å²) in [6, 6.07) is 5.71. The van der Waals surface area contributed by atoms with E-state index in [9.17, 15) is 14.4 Å². The van der Waals surface area contributed by atoms with Crippen molar-refractivity contribution in [2.75, 3.05) is 5.32 Å². The van der Waals surface area contributed by atoms with Gasteiger partial charge in [-0.05, 0) is 55.6 Å². The molecule has 2 aromatic rings. The van der Waals surface area contributed by atoms with Crippen LogP contribution in [0.3, 0.4) is 0 Å². The minimum absolute atomic E-state index is 0.0394. The van der Waals surface area contributed by atoms with Crippen LogP contribution in [0, 0.1) is 0 Å². The molecule has 0 saturated heterocycles. The van der Waals surface area contributed by atoms with E-state index in [2.05, 4.69) is 20.9 Å². The second-order valence-corrected chi connectivity index (χ2v) is 9.15. The van der Waals surface area contributed by atoms with Crippen LogP contribution in [-0.4, -0.2) is 44.5 Å². The quantitative estimate of drug-likeness (QED) is 0.764. The monoisotopic (exact) mass is 425 g/mol. The average molecular weight is 425 g/mol. The van der Waals surface area contributed by atoms with E-state index in [0.717, 1.165) is 32.1 Å². The lowest BCUT2D eigenvalue weighted by Crippen LogP contribution is -2.52. The molecule has 2 heterocycles. The van der Waals surface area contributed by atoms with Crippen molar-refractivity contribution in [1.82, 2.24) is 20.5 Å². The molecule has 1 fully saturated rings. The van der Waals surface area contributed by atoms with Gasteiger partial charge in [0.15, 0.2) is 0 Å². The Morgan fingerprint density at radius 2 is 1.84 bits per heavy atom. The number of hydrogen-bond acceptors (Lipinski definition) is 6. The van der Waals surface area contributed by atoms with Crippen molar-refractivity contribution in [3.63, 3.8) is 0 Å². The van der Waals surface area contributed by atoms with Gasteiger partial charge in [0, 0.05) is 17.1 Å². The zero-order chi connectivity index (χ0) is 22.2. The summed E-state index contributed by atoms with van der Waals surface area (Å²) < 4.78 is 4.78. The summed E-state index contributed by atoms with van der Waals surface area (Å²) in [7, 11) is 0. The summed E-state index contributed by atoms with van der Waals surface area (Å²) in [5, 5.41) is 13.1. The van der Waals surface area contributed by atoms with Crippen LogP contribution in [0.1, 0.15) is 85.3 Å². The largest absolute Gasteiger partial charge is 0.349 e. The van der Waals surface area contributed by atoms with Crippen molar-refractivity contribution in [2.24, 2.45) is 0 Å². The Kier molecular flexibility index (Phi) is 5.51. The van der Waals surface area contributed by atoms with Crippen LogP contribution in [0.25, 0.3) is 0 Å². The molecule has 1 atom stereocenters. The number of carbonyl (C=O) groups is 3. The van der Waals surface area contributed by atoms with Crippen LogP contribution < -0.4 is 10.6 Å². The number of carbonyl (C=O) groups excluding carboxylic acids is 3. The lowest BCUT2D eigenvalue weighted by atomic mass is 9.89. The zero-order valence-electron chi connectivity index (χ0n) is 18.0. The van der Waals surface area contributed by atoms with Gasteiger partial charge in [-0.15, -0.1) is 0 Å². The maximum atomic E-state index is 13.7. The first-order valence-electron chi connectivity index (χ1n) is 10.6. The molecule has 164 valence electrons. The molecule has 9 nitrogen and oxygen atoms in total. The highest BCUT2D eigenvalue weighted by atomic mass is 16.6. The summed E-state index contributed by atoms with van der Waals surface area (Å²) in [6.45, 7) is 5.64. The van der Waals surface area contributed by atoms with E-state index in [1.807, 2.05) is 20.8 Å². The van der Waals surface area contributed by atoms with E-state index in [1.54, 1.807) is 29.2 Å². The highest BCUT2D eigenvalue weighted by Gasteiger charge is 2.43. The molecule has 2 aliphatic rings. The van der Waals surface area contributed by atoms with Gasteiger partial charge in [-0.3, -0.25) is 14.4 Å². The number of anilines is 1. The summed E-state index contributed by atoms with van der Waals surface area (Å²) >= 11 is 0. The smallest absolute Gasteiger partial charge is 0.281 e. The van der Waals surface area contributed by atoms with Crippen molar-refractivity contribution in [2.45, 2.75) is 70.5 Å². The fourth-order valence-electron chi connectivity index (χ4n) is 4.36. The van der Waals surface area contributed by atoms with Gasteiger partial charge in [-0.1, -0.05) is 37.5 Å².